The van der Waals surface area contributed by atoms with Crippen LogP contribution in [0.15, 0.2) is 42.6 Å². The van der Waals surface area contributed by atoms with Crippen molar-refractivity contribution in [1.29, 1.82) is 0 Å². The van der Waals surface area contributed by atoms with Crippen LogP contribution in [0.4, 0.5) is 9.59 Å². The fraction of sp³-hybridized carbons (Fsp3) is 0.462. The highest BCUT2D eigenvalue weighted by Gasteiger charge is 2.45. The molecule has 0 spiro atoms. The highest BCUT2D eigenvalue weighted by molar-refractivity contribution is 8.15. The maximum atomic E-state index is 12.8. The van der Waals surface area contributed by atoms with E-state index in [9.17, 15) is 14.4 Å². The van der Waals surface area contributed by atoms with E-state index in [2.05, 4.69) is 22.9 Å². The summed E-state index contributed by atoms with van der Waals surface area (Å²) in [6.07, 6.45) is 4.21. The molecular formula is C26H31N3O5S. The van der Waals surface area contributed by atoms with Crippen molar-refractivity contribution in [2.24, 2.45) is 0 Å². The number of pyridine rings is 1. The fourth-order valence-corrected chi connectivity index (χ4v) is 5.07. The Morgan fingerprint density at radius 2 is 1.80 bits per heavy atom. The monoisotopic (exact) mass is 497 g/mol. The zero-order chi connectivity index (χ0) is 24.8. The Morgan fingerprint density at radius 1 is 1.09 bits per heavy atom. The molecule has 0 aliphatic carbocycles. The molecule has 3 heterocycles. The summed E-state index contributed by atoms with van der Waals surface area (Å²) in [4.78, 5) is 44.9. The summed E-state index contributed by atoms with van der Waals surface area (Å²) in [6, 6.07) is 11.6. The van der Waals surface area contributed by atoms with Crippen LogP contribution < -0.4 is 4.74 Å². The van der Waals surface area contributed by atoms with E-state index in [1.54, 1.807) is 0 Å². The summed E-state index contributed by atoms with van der Waals surface area (Å²) < 4.78 is 11.3. The zero-order valence-electron chi connectivity index (χ0n) is 20.1. The number of carbonyl (C=O) groups excluding carboxylic acids is 3. The summed E-state index contributed by atoms with van der Waals surface area (Å²) in [5, 5.41) is -1.21. The van der Waals surface area contributed by atoms with Gasteiger partial charge in [-0.2, -0.15) is 4.90 Å². The molecule has 0 N–H and O–H groups in total. The van der Waals surface area contributed by atoms with E-state index < -0.39 is 22.5 Å². The summed E-state index contributed by atoms with van der Waals surface area (Å²) in [5.74, 6) is 0.212. The van der Waals surface area contributed by atoms with E-state index in [-0.39, 0.29) is 6.10 Å². The quantitative estimate of drug-likeness (QED) is 0.539. The first-order chi connectivity index (χ1) is 16.9. The largest absolute Gasteiger partial charge is 0.493 e. The second-order valence-electron chi connectivity index (χ2n) is 8.89. The highest BCUT2D eigenvalue weighted by Crippen LogP contribution is 2.31. The van der Waals surface area contributed by atoms with Crippen molar-refractivity contribution >= 4 is 29.0 Å². The van der Waals surface area contributed by atoms with Gasteiger partial charge in [0, 0.05) is 31.4 Å². The number of thioether (sulfide) groups is 1. The van der Waals surface area contributed by atoms with Gasteiger partial charge in [0.2, 0.25) is 0 Å². The van der Waals surface area contributed by atoms with Crippen LogP contribution in [0.25, 0.3) is 0 Å². The van der Waals surface area contributed by atoms with Gasteiger partial charge in [-0.15, -0.1) is 0 Å². The van der Waals surface area contributed by atoms with E-state index in [1.165, 1.54) is 5.56 Å². The van der Waals surface area contributed by atoms with E-state index >= 15 is 0 Å². The maximum Gasteiger partial charge on any atom is 0.424 e. The van der Waals surface area contributed by atoms with Crippen LogP contribution in [-0.2, 0) is 28.8 Å². The van der Waals surface area contributed by atoms with Crippen LogP contribution in [-0.4, -0.2) is 70.1 Å². The van der Waals surface area contributed by atoms with Crippen molar-refractivity contribution < 1.29 is 23.9 Å². The summed E-state index contributed by atoms with van der Waals surface area (Å²) in [6.45, 7) is 4.25. The molecule has 2 aliphatic rings. The van der Waals surface area contributed by atoms with E-state index in [1.807, 2.05) is 43.6 Å². The molecule has 3 amide bonds. The third-order valence-corrected chi connectivity index (χ3v) is 7.34. The molecule has 2 aromatic rings. The molecule has 9 heteroatoms. The Bertz CT molecular complexity index is 1040. The lowest BCUT2D eigenvalue weighted by atomic mass is 10.1. The van der Waals surface area contributed by atoms with Gasteiger partial charge in [0.15, 0.2) is 0 Å². The number of hydrogen-bond donors (Lipinski definition) is 0. The Hall–Kier alpha value is -2.91. The molecule has 2 aliphatic heterocycles. The molecule has 0 bridgehead atoms. The third kappa shape index (κ3) is 6.61. The van der Waals surface area contributed by atoms with Gasteiger partial charge in [0.05, 0.1) is 11.9 Å². The molecule has 186 valence electrons. The van der Waals surface area contributed by atoms with Gasteiger partial charge in [-0.05, 0) is 73.8 Å². The van der Waals surface area contributed by atoms with Gasteiger partial charge in [0.25, 0.3) is 11.1 Å². The molecule has 1 aromatic carbocycles. The first kappa shape index (κ1) is 25.2. The van der Waals surface area contributed by atoms with Crippen LogP contribution in [0, 0.1) is 0 Å². The topological polar surface area (TPSA) is 89.0 Å². The molecule has 2 saturated heterocycles. The van der Waals surface area contributed by atoms with Gasteiger partial charge < -0.3 is 14.4 Å². The number of aryl methyl sites for hydroxylation is 1. The maximum absolute atomic E-state index is 12.8. The predicted octanol–water partition coefficient (Wildman–Crippen LogP) is 4.10. The Kier molecular flexibility index (Phi) is 8.41. The minimum atomic E-state index is -0.855. The lowest BCUT2D eigenvalue weighted by Crippen LogP contribution is -2.42. The minimum Gasteiger partial charge on any atom is -0.493 e. The van der Waals surface area contributed by atoms with Gasteiger partial charge >= 0.3 is 6.09 Å². The SMILES string of the molecule is CCc1ccc(CCOc2ccc(CC3SC(=O)N(C(=O)OC4CCN(C)CC4)C3=O)cc2)nc1. The Balaban J connectivity index is 1.25. The summed E-state index contributed by atoms with van der Waals surface area (Å²) in [5.41, 5.74) is 3.08. The number of amides is 3. The summed E-state index contributed by atoms with van der Waals surface area (Å²) >= 11 is 0.876. The van der Waals surface area contributed by atoms with Gasteiger partial charge in [-0.3, -0.25) is 14.6 Å². The molecule has 0 saturated carbocycles. The number of carbonyl (C=O) groups is 3. The van der Waals surface area contributed by atoms with Crippen molar-refractivity contribution in [1.82, 2.24) is 14.8 Å². The van der Waals surface area contributed by atoms with Crippen molar-refractivity contribution in [2.75, 3.05) is 26.7 Å². The smallest absolute Gasteiger partial charge is 0.424 e. The van der Waals surface area contributed by atoms with Crippen LogP contribution >= 0.6 is 11.8 Å². The van der Waals surface area contributed by atoms with Gasteiger partial charge in [0.1, 0.15) is 11.9 Å². The van der Waals surface area contributed by atoms with E-state index in [4.69, 9.17) is 9.47 Å². The first-order valence-corrected chi connectivity index (χ1v) is 12.9. The predicted molar refractivity (Wildman–Crippen MR) is 134 cm³/mol. The number of hydrogen-bond acceptors (Lipinski definition) is 8. The van der Waals surface area contributed by atoms with Crippen molar-refractivity contribution in [3.05, 3.63) is 59.4 Å². The number of piperidine rings is 1. The van der Waals surface area contributed by atoms with E-state index in [0.717, 1.165) is 48.3 Å². The molecule has 35 heavy (non-hydrogen) atoms. The lowest BCUT2D eigenvalue weighted by Gasteiger charge is -2.29. The van der Waals surface area contributed by atoms with Crippen LogP contribution in [0.1, 0.15) is 36.6 Å². The molecule has 4 rings (SSSR count). The Morgan fingerprint density at radius 3 is 2.46 bits per heavy atom. The van der Waals surface area contributed by atoms with Crippen LogP contribution in [0.3, 0.4) is 0 Å². The zero-order valence-corrected chi connectivity index (χ0v) is 21.0. The van der Waals surface area contributed by atoms with E-state index in [0.29, 0.717) is 37.2 Å². The molecule has 1 unspecified atom stereocenters. The number of benzene rings is 1. The first-order valence-electron chi connectivity index (χ1n) is 12.0. The average molecular weight is 498 g/mol. The Labute approximate surface area is 210 Å². The third-order valence-electron chi connectivity index (χ3n) is 6.30. The number of imide groups is 3. The second kappa shape index (κ2) is 11.7. The average Bonchev–Trinajstić information content (AvgIpc) is 3.14. The van der Waals surface area contributed by atoms with Crippen molar-refractivity contribution in [3.63, 3.8) is 0 Å². The van der Waals surface area contributed by atoms with Gasteiger partial charge in [-0.25, -0.2) is 4.79 Å². The number of rotatable bonds is 8. The molecule has 8 nitrogen and oxygen atoms in total. The minimum absolute atomic E-state index is 0.262. The van der Waals surface area contributed by atoms with Crippen LogP contribution in [0.2, 0.25) is 0 Å². The number of ether oxygens (including phenoxy) is 2. The molecule has 0 radical (unpaired) electrons. The normalized spacial score (nSPS) is 19.3. The lowest BCUT2D eigenvalue weighted by molar-refractivity contribution is -0.125. The highest BCUT2D eigenvalue weighted by atomic mass is 32.2. The second-order valence-corrected chi connectivity index (χ2v) is 10.0. The van der Waals surface area contributed by atoms with Crippen molar-refractivity contribution in [3.8, 4) is 5.75 Å². The standard InChI is InChI=1S/C26H31N3O5S/c1-3-18-4-7-20(27-17-18)12-15-33-21-8-5-19(6-9-21)16-23-24(30)29(26(32)35-23)25(31)34-22-10-13-28(2)14-11-22/h4-9,17,22-23H,3,10-16H2,1-2H3. The molecule has 2 fully saturated rings. The summed E-state index contributed by atoms with van der Waals surface area (Å²) in [7, 11) is 2.01. The van der Waals surface area contributed by atoms with Crippen LogP contribution in [0.5, 0.6) is 5.75 Å². The fourth-order valence-electron chi connectivity index (χ4n) is 4.07. The van der Waals surface area contributed by atoms with Crippen molar-refractivity contribution in [2.45, 2.75) is 50.4 Å². The number of nitrogens with zero attached hydrogens (tertiary/aromatic N) is 3. The number of aromatic nitrogens is 1. The van der Waals surface area contributed by atoms with Gasteiger partial charge in [-0.1, -0.05) is 25.1 Å². The molecule has 1 aromatic heterocycles. The molecule has 1 atom stereocenters. The molecular weight excluding hydrogens is 466 g/mol. The number of likely N-dealkylation sites (tertiary alicyclic amines) is 1.